The minimum Gasteiger partial charge on any atom is -0.354 e. The predicted octanol–water partition coefficient (Wildman–Crippen LogP) is 1.05. The molecule has 0 saturated heterocycles. The van der Waals surface area contributed by atoms with Gasteiger partial charge in [-0.1, -0.05) is 6.42 Å². The molecule has 2 atom stereocenters. The minimum atomic E-state index is -0.380. The number of halogens is 1. The first kappa shape index (κ1) is 16.4. The summed E-state index contributed by atoms with van der Waals surface area (Å²) in [5.41, 5.74) is 6.06. The van der Waals surface area contributed by atoms with E-state index in [2.05, 4.69) is 10.6 Å². The molecule has 0 aromatic heterocycles. The molecule has 0 spiro atoms. The van der Waals surface area contributed by atoms with Crippen molar-refractivity contribution in [3.63, 3.8) is 0 Å². The third-order valence-electron chi connectivity index (χ3n) is 4.11. The van der Waals surface area contributed by atoms with Gasteiger partial charge in [0.15, 0.2) is 0 Å². The zero-order valence-corrected chi connectivity index (χ0v) is 12.5. The predicted molar refractivity (Wildman–Crippen MR) is 81.6 cm³/mol. The number of nitrogens with one attached hydrogen (secondary N) is 2. The van der Waals surface area contributed by atoms with Gasteiger partial charge in [0, 0.05) is 24.6 Å². The molecule has 1 saturated carbocycles. The van der Waals surface area contributed by atoms with Gasteiger partial charge in [0.05, 0.1) is 0 Å². The van der Waals surface area contributed by atoms with Crippen molar-refractivity contribution in [2.24, 2.45) is 17.6 Å². The van der Waals surface area contributed by atoms with Gasteiger partial charge in [-0.3, -0.25) is 9.59 Å². The van der Waals surface area contributed by atoms with Crippen molar-refractivity contribution in [2.75, 3.05) is 19.6 Å². The zero-order chi connectivity index (χ0) is 15.9. The summed E-state index contributed by atoms with van der Waals surface area (Å²) in [6, 6.07) is 5.33. The lowest BCUT2D eigenvalue weighted by molar-refractivity contribution is -0.125. The fourth-order valence-electron chi connectivity index (χ4n) is 2.86. The van der Waals surface area contributed by atoms with Crippen LogP contribution in [0.4, 0.5) is 4.39 Å². The molecule has 5 nitrogen and oxygen atoms in total. The highest BCUT2D eigenvalue weighted by atomic mass is 19.1. The third kappa shape index (κ3) is 4.27. The Balaban J connectivity index is 1.69. The van der Waals surface area contributed by atoms with Gasteiger partial charge >= 0.3 is 0 Å². The summed E-state index contributed by atoms with van der Waals surface area (Å²) in [5.74, 6) is -0.375. The second kappa shape index (κ2) is 7.89. The van der Waals surface area contributed by atoms with Crippen LogP contribution in [0.2, 0.25) is 0 Å². The number of carbonyl (C=O) groups is 2. The molecule has 1 aromatic rings. The lowest BCUT2D eigenvalue weighted by atomic mass is 9.95. The van der Waals surface area contributed by atoms with Gasteiger partial charge in [-0.15, -0.1) is 0 Å². The van der Waals surface area contributed by atoms with Crippen molar-refractivity contribution in [1.82, 2.24) is 10.6 Å². The first-order valence-electron chi connectivity index (χ1n) is 7.63. The Labute approximate surface area is 129 Å². The van der Waals surface area contributed by atoms with E-state index >= 15 is 0 Å². The fourth-order valence-corrected chi connectivity index (χ4v) is 2.86. The molecule has 2 rings (SSSR count). The Kier molecular flexibility index (Phi) is 5.89. The normalized spacial score (nSPS) is 20.6. The van der Waals surface area contributed by atoms with E-state index in [0.29, 0.717) is 25.2 Å². The van der Waals surface area contributed by atoms with Gasteiger partial charge < -0.3 is 16.4 Å². The number of nitrogens with two attached hydrogens (primary N) is 1. The summed E-state index contributed by atoms with van der Waals surface area (Å²) in [5, 5.41) is 5.52. The Morgan fingerprint density at radius 3 is 2.50 bits per heavy atom. The molecule has 0 bridgehead atoms. The number of rotatable bonds is 6. The van der Waals surface area contributed by atoms with Crippen molar-refractivity contribution in [3.8, 4) is 0 Å². The van der Waals surface area contributed by atoms with Crippen LogP contribution >= 0.6 is 0 Å². The molecule has 0 heterocycles. The monoisotopic (exact) mass is 307 g/mol. The number of hydrogen-bond donors (Lipinski definition) is 3. The van der Waals surface area contributed by atoms with E-state index in [0.717, 1.165) is 19.3 Å². The van der Waals surface area contributed by atoms with Crippen molar-refractivity contribution < 1.29 is 14.0 Å². The topological polar surface area (TPSA) is 84.2 Å². The van der Waals surface area contributed by atoms with Gasteiger partial charge in [0.2, 0.25) is 5.91 Å². The van der Waals surface area contributed by atoms with E-state index in [4.69, 9.17) is 5.73 Å². The molecular weight excluding hydrogens is 285 g/mol. The zero-order valence-electron chi connectivity index (χ0n) is 12.5. The van der Waals surface area contributed by atoms with Crippen LogP contribution in [0.15, 0.2) is 24.3 Å². The Morgan fingerprint density at radius 2 is 1.82 bits per heavy atom. The summed E-state index contributed by atoms with van der Waals surface area (Å²) in [6.07, 6.45) is 2.94. The second-order valence-corrected chi connectivity index (χ2v) is 5.59. The highest BCUT2D eigenvalue weighted by molar-refractivity contribution is 5.94. The van der Waals surface area contributed by atoms with E-state index in [1.54, 1.807) is 0 Å². The molecule has 1 aromatic carbocycles. The molecule has 4 N–H and O–H groups in total. The molecule has 0 unspecified atom stereocenters. The first-order chi connectivity index (χ1) is 10.6. The summed E-state index contributed by atoms with van der Waals surface area (Å²) in [4.78, 5) is 23.8. The highest BCUT2D eigenvalue weighted by Gasteiger charge is 2.31. The lowest BCUT2D eigenvalue weighted by Crippen LogP contribution is -2.39. The Hall–Kier alpha value is -1.95. The maximum atomic E-state index is 12.8. The molecule has 2 amide bonds. The number of benzene rings is 1. The highest BCUT2D eigenvalue weighted by Crippen LogP contribution is 2.30. The van der Waals surface area contributed by atoms with E-state index in [1.807, 2.05) is 0 Å². The average molecular weight is 307 g/mol. The van der Waals surface area contributed by atoms with Crippen molar-refractivity contribution >= 4 is 11.8 Å². The van der Waals surface area contributed by atoms with Crippen LogP contribution in [0.5, 0.6) is 0 Å². The van der Waals surface area contributed by atoms with E-state index < -0.39 is 0 Å². The quantitative estimate of drug-likeness (QED) is 0.687. The molecule has 1 aliphatic rings. The van der Waals surface area contributed by atoms with Crippen LogP contribution in [-0.4, -0.2) is 31.4 Å². The second-order valence-electron chi connectivity index (χ2n) is 5.59. The number of amides is 2. The molecular formula is C16H22FN3O2. The molecule has 0 radical (unpaired) electrons. The molecule has 0 aliphatic heterocycles. The Morgan fingerprint density at radius 1 is 1.14 bits per heavy atom. The van der Waals surface area contributed by atoms with Gasteiger partial charge in [0.25, 0.3) is 5.91 Å². The van der Waals surface area contributed by atoms with E-state index in [1.165, 1.54) is 24.3 Å². The molecule has 120 valence electrons. The largest absolute Gasteiger partial charge is 0.354 e. The van der Waals surface area contributed by atoms with Crippen LogP contribution in [0, 0.1) is 17.7 Å². The molecule has 1 aliphatic carbocycles. The van der Waals surface area contributed by atoms with Crippen LogP contribution in [0.3, 0.4) is 0 Å². The van der Waals surface area contributed by atoms with Crippen molar-refractivity contribution in [2.45, 2.75) is 19.3 Å². The molecule has 22 heavy (non-hydrogen) atoms. The van der Waals surface area contributed by atoms with Crippen LogP contribution in [0.25, 0.3) is 0 Å². The van der Waals surface area contributed by atoms with Gasteiger partial charge in [-0.05, 0) is 49.6 Å². The summed E-state index contributed by atoms with van der Waals surface area (Å²) >= 11 is 0. The van der Waals surface area contributed by atoms with Gasteiger partial charge in [-0.25, -0.2) is 4.39 Å². The maximum absolute atomic E-state index is 12.8. The lowest BCUT2D eigenvalue weighted by Gasteiger charge is -2.17. The Bertz CT molecular complexity index is 519. The maximum Gasteiger partial charge on any atom is 0.251 e. The van der Waals surface area contributed by atoms with E-state index in [9.17, 15) is 14.0 Å². The van der Waals surface area contributed by atoms with Gasteiger partial charge in [-0.2, -0.15) is 0 Å². The summed E-state index contributed by atoms with van der Waals surface area (Å²) < 4.78 is 12.8. The summed E-state index contributed by atoms with van der Waals surface area (Å²) in [7, 11) is 0. The minimum absolute atomic E-state index is 0.00204. The van der Waals surface area contributed by atoms with E-state index in [-0.39, 0.29) is 29.5 Å². The molecule has 6 heteroatoms. The van der Waals surface area contributed by atoms with Crippen LogP contribution in [-0.2, 0) is 4.79 Å². The molecule has 1 fully saturated rings. The number of hydrogen-bond acceptors (Lipinski definition) is 3. The fraction of sp³-hybridized carbons (Fsp3) is 0.500. The number of carbonyl (C=O) groups excluding carboxylic acids is 2. The standard InChI is InChI=1S/C16H22FN3O2/c17-13-6-4-11(5-7-13)15(21)19-8-9-20-16(22)14-3-1-2-12(14)10-18/h4-7,12,14H,1-3,8-10,18H2,(H,19,21)(H,20,22)/t12-,14-/m1/s1. The van der Waals surface area contributed by atoms with Crippen LogP contribution < -0.4 is 16.4 Å². The van der Waals surface area contributed by atoms with Crippen LogP contribution in [0.1, 0.15) is 29.6 Å². The smallest absolute Gasteiger partial charge is 0.251 e. The third-order valence-corrected chi connectivity index (χ3v) is 4.11. The first-order valence-corrected chi connectivity index (χ1v) is 7.63. The average Bonchev–Trinajstić information content (AvgIpc) is 3.00. The van der Waals surface area contributed by atoms with Gasteiger partial charge in [0.1, 0.15) is 5.82 Å². The van der Waals surface area contributed by atoms with Crippen molar-refractivity contribution in [1.29, 1.82) is 0 Å². The summed E-state index contributed by atoms with van der Waals surface area (Å²) in [6.45, 7) is 1.25. The van der Waals surface area contributed by atoms with Crippen molar-refractivity contribution in [3.05, 3.63) is 35.6 Å². The SMILES string of the molecule is NC[C@H]1CCC[C@H]1C(=O)NCCNC(=O)c1ccc(F)cc1.